The van der Waals surface area contributed by atoms with Crippen molar-refractivity contribution in [3.63, 3.8) is 0 Å². The minimum atomic E-state index is -1.73. The number of carbonyl (C=O) groups excluding carboxylic acids is 3. The van der Waals surface area contributed by atoms with Crippen molar-refractivity contribution in [2.45, 2.75) is 16.7 Å². The maximum Gasteiger partial charge on any atom is 0.348 e. The van der Waals surface area contributed by atoms with Crippen molar-refractivity contribution in [3.05, 3.63) is 95.6 Å². The van der Waals surface area contributed by atoms with Gasteiger partial charge in [0, 0.05) is 10.6 Å². The number of fused-ring (bicyclic) bond motifs is 2. The van der Waals surface area contributed by atoms with Crippen LogP contribution in [0.5, 0.6) is 0 Å². The number of nitrogens with one attached hydrogen (secondary N) is 1. The van der Waals surface area contributed by atoms with Crippen molar-refractivity contribution in [2.24, 2.45) is 0 Å². The number of methoxy groups -OCH3 is 1. The zero-order chi connectivity index (χ0) is 23.2. The van der Waals surface area contributed by atoms with Gasteiger partial charge in [-0.2, -0.15) is 0 Å². The third-order valence-corrected chi connectivity index (χ3v) is 7.17. The highest BCUT2D eigenvalue weighted by molar-refractivity contribution is 8.02. The molecule has 33 heavy (non-hydrogen) atoms. The molecule has 164 valence electrons. The molecule has 2 aliphatic heterocycles. The molecular weight excluding hydrogens is 436 g/mol. The summed E-state index contributed by atoms with van der Waals surface area (Å²) in [5.74, 6) is -2.22. The Hall–Kier alpha value is -3.84. The van der Waals surface area contributed by atoms with E-state index in [9.17, 15) is 14.4 Å². The molecule has 0 radical (unpaired) electrons. The lowest BCUT2D eigenvalue weighted by molar-refractivity contribution is -0.142. The average molecular weight is 457 g/mol. The summed E-state index contributed by atoms with van der Waals surface area (Å²) in [6, 6.07) is 23.8. The molecular formula is C26H20N2O4S. The largest absolute Gasteiger partial charge is 0.466 e. The van der Waals surface area contributed by atoms with Crippen molar-refractivity contribution in [1.82, 2.24) is 0 Å². The standard InChI is InChI=1S/C26H20N2O4S/c1-16-12-14-17(15-13-16)22-21-23(29)24(30)28(18-8-4-3-5-9-18)26(21,25(31)32-2)33-20-11-7-6-10-19(20)27-22/h3-15,27H,1-2H3. The van der Waals surface area contributed by atoms with Gasteiger partial charge in [-0.05, 0) is 36.8 Å². The molecule has 7 heteroatoms. The second-order valence-electron chi connectivity index (χ2n) is 7.78. The van der Waals surface area contributed by atoms with Gasteiger partial charge in [-0.25, -0.2) is 4.79 Å². The van der Waals surface area contributed by atoms with Crippen LogP contribution in [0.25, 0.3) is 5.70 Å². The number of anilines is 2. The number of carbonyl (C=O) groups is 3. The van der Waals surface area contributed by atoms with E-state index in [1.54, 1.807) is 24.3 Å². The van der Waals surface area contributed by atoms with Gasteiger partial charge in [0.15, 0.2) is 0 Å². The second kappa shape index (κ2) is 7.94. The predicted octanol–water partition coefficient (Wildman–Crippen LogP) is 4.41. The Morgan fingerprint density at radius 2 is 1.61 bits per heavy atom. The normalized spacial score (nSPS) is 19.5. The third kappa shape index (κ3) is 3.15. The minimum Gasteiger partial charge on any atom is -0.466 e. The Labute approximate surface area is 195 Å². The van der Waals surface area contributed by atoms with E-state index in [-0.39, 0.29) is 5.57 Å². The molecule has 3 aromatic carbocycles. The molecule has 1 amide bonds. The highest BCUT2D eigenvalue weighted by Gasteiger charge is 2.64. The van der Waals surface area contributed by atoms with Gasteiger partial charge in [-0.15, -0.1) is 0 Å². The summed E-state index contributed by atoms with van der Waals surface area (Å²) < 4.78 is 5.25. The Morgan fingerprint density at radius 1 is 0.939 bits per heavy atom. The van der Waals surface area contributed by atoms with E-state index in [1.807, 2.05) is 61.5 Å². The van der Waals surface area contributed by atoms with E-state index in [0.29, 0.717) is 21.8 Å². The van der Waals surface area contributed by atoms with Gasteiger partial charge < -0.3 is 10.1 Å². The van der Waals surface area contributed by atoms with E-state index in [1.165, 1.54) is 12.0 Å². The number of esters is 1. The summed E-state index contributed by atoms with van der Waals surface area (Å²) in [5, 5.41) is 3.34. The fourth-order valence-electron chi connectivity index (χ4n) is 4.20. The SMILES string of the molecule is COC(=O)C12Sc3ccccc3NC(c3ccc(C)cc3)=C1C(=O)C(=O)N2c1ccccc1. The number of benzene rings is 3. The van der Waals surface area contributed by atoms with Gasteiger partial charge in [0.25, 0.3) is 5.78 Å². The fourth-order valence-corrected chi connectivity index (χ4v) is 5.64. The second-order valence-corrected chi connectivity index (χ2v) is 9.01. The van der Waals surface area contributed by atoms with E-state index >= 15 is 0 Å². The van der Waals surface area contributed by atoms with Gasteiger partial charge in [-0.1, -0.05) is 71.9 Å². The Balaban J connectivity index is 1.89. The number of para-hydroxylation sites is 2. The molecule has 1 saturated heterocycles. The van der Waals surface area contributed by atoms with Crippen LogP contribution in [0.3, 0.4) is 0 Å². The molecule has 6 nitrogen and oxygen atoms in total. The number of Topliss-reactive ketones (excluding diaryl/α,β-unsaturated/α-hetero) is 1. The van der Waals surface area contributed by atoms with E-state index in [4.69, 9.17) is 4.74 Å². The lowest BCUT2D eigenvalue weighted by Crippen LogP contribution is -2.51. The maximum absolute atomic E-state index is 13.6. The molecule has 1 unspecified atom stereocenters. The lowest BCUT2D eigenvalue weighted by atomic mass is 9.97. The van der Waals surface area contributed by atoms with Crippen molar-refractivity contribution in [3.8, 4) is 0 Å². The molecule has 3 aromatic rings. The Morgan fingerprint density at radius 3 is 2.30 bits per heavy atom. The van der Waals surface area contributed by atoms with Crippen molar-refractivity contribution in [1.29, 1.82) is 0 Å². The van der Waals surface area contributed by atoms with Crippen molar-refractivity contribution < 1.29 is 19.1 Å². The first kappa shape index (κ1) is 21.0. The number of hydrogen-bond acceptors (Lipinski definition) is 6. The minimum absolute atomic E-state index is 0.0632. The summed E-state index contributed by atoms with van der Waals surface area (Å²) in [6.45, 7) is 1.97. The van der Waals surface area contributed by atoms with Crippen LogP contribution in [0.1, 0.15) is 11.1 Å². The van der Waals surface area contributed by atoms with Crippen LogP contribution >= 0.6 is 11.8 Å². The summed E-state index contributed by atoms with van der Waals surface area (Å²) in [5.41, 5.74) is 3.38. The van der Waals surface area contributed by atoms with Crippen LogP contribution in [0.2, 0.25) is 0 Å². The Bertz CT molecular complexity index is 1320. The number of aryl methyl sites for hydroxylation is 1. The molecule has 1 atom stereocenters. The van der Waals surface area contributed by atoms with E-state index in [2.05, 4.69) is 5.32 Å². The summed E-state index contributed by atoms with van der Waals surface area (Å²) in [7, 11) is 1.27. The topological polar surface area (TPSA) is 75.7 Å². The predicted molar refractivity (Wildman–Crippen MR) is 128 cm³/mol. The van der Waals surface area contributed by atoms with Crippen LogP contribution in [-0.2, 0) is 19.1 Å². The Kier molecular flexibility index (Phi) is 5.06. The van der Waals surface area contributed by atoms with Crippen LogP contribution in [0.15, 0.2) is 89.3 Å². The third-order valence-electron chi connectivity index (χ3n) is 5.75. The first-order chi connectivity index (χ1) is 16.0. The maximum atomic E-state index is 13.6. The van der Waals surface area contributed by atoms with Gasteiger partial charge >= 0.3 is 11.9 Å². The van der Waals surface area contributed by atoms with Crippen molar-refractivity contribution >= 4 is 46.5 Å². The van der Waals surface area contributed by atoms with Crippen LogP contribution in [-0.4, -0.2) is 29.6 Å². The van der Waals surface area contributed by atoms with Gasteiger partial charge in [0.1, 0.15) is 0 Å². The monoisotopic (exact) mass is 456 g/mol. The van der Waals surface area contributed by atoms with Crippen LogP contribution in [0, 0.1) is 6.92 Å². The number of rotatable bonds is 3. The van der Waals surface area contributed by atoms with Crippen molar-refractivity contribution in [2.75, 3.05) is 17.3 Å². The molecule has 1 fully saturated rings. The number of ether oxygens (including phenoxy) is 1. The van der Waals surface area contributed by atoms with Crippen LogP contribution in [0.4, 0.5) is 11.4 Å². The molecule has 0 aromatic heterocycles. The lowest BCUT2D eigenvalue weighted by Gasteiger charge is -2.34. The summed E-state index contributed by atoms with van der Waals surface area (Å²) >= 11 is 1.13. The number of ketones is 1. The molecule has 5 rings (SSSR count). The number of hydrogen-bond donors (Lipinski definition) is 1. The first-order valence-corrected chi connectivity index (χ1v) is 11.2. The van der Waals surface area contributed by atoms with Gasteiger partial charge in [-0.3, -0.25) is 14.5 Å². The van der Waals surface area contributed by atoms with E-state index < -0.39 is 22.5 Å². The smallest absolute Gasteiger partial charge is 0.348 e. The molecule has 2 aliphatic rings. The first-order valence-electron chi connectivity index (χ1n) is 10.4. The molecule has 2 heterocycles. The van der Waals surface area contributed by atoms with Gasteiger partial charge in [0.2, 0.25) is 4.87 Å². The van der Waals surface area contributed by atoms with E-state index in [0.717, 1.165) is 23.0 Å². The fraction of sp³-hybridized carbons (Fsp3) is 0.115. The number of thioether (sulfide) groups is 1. The summed E-state index contributed by atoms with van der Waals surface area (Å²) in [6.07, 6.45) is 0. The molecule has 1 N–H and O–H groups in total. The zero-order valence-corrected chi connectivity index (χ0v) is 18.8. The zero-order valence-electron chi connectivity index (χ0n) is 18.0. The molecule has 0 spiro atoms. The average Bonchev–Trinajstić information content (AvgIpc) is 2.96. The van der Waals surface area contributed by atoms with Gasteiger partial charge in [0.05, 0.1) is 24.1 Å². The number of amides is 1. The van der Waals surface area contributed by atoms with Crippen LogP contribution < -0.4 is 10.2 Å². The highest BCUT2D eigenvalue weighted by Crippen LogP contribution is 2.54. The molecule has 0 saturated carbocycles. The summed E-state index contributed by atoms with van der Waals surface area (Å²) in [4.78, 5) is 40.9. The highest BCUT2D eigenvalue weighted by atomic mass is 32.2. The molecule has 0 aliphatic carbocycles. The number of nitrogens with zero attached hydrogens (tertiary/aromatic N) is 1. The quantitative estimate of drug-likeness (QED) is 0.465. The molecule has 0 bridgehead atoms.